The van der Waals surface area contributed by atoms with Crippen LogP contribution in [-0.2, 0) is 9.53 Å². The summed E-state index contributed by atoms with van der Waals surface area (Å²) < 4.78 is 5.11. The average molecular weight is 288 g/mol. The van der Waals surface area contributed by atoms with Crippen LogP contribution in [0.3, 0.4) is 0 Å². The fraction of sp³-hybridized carbons (Fsp3) is 0.267. The Hall–Kier alpha value is -2.63. The van der Waals surface area contributed by atoms with Gasteiger partial charge in [0.15, 0.2) is 6.10 Å². The van der Waals surface area contributed by atoms with Gasteiger partial charge in [-0.1, -0.05) is 18.2 Å². The number of fused-ring (bicyclic) bond motifs is 1. The number of hydrogen-bond donors (Lipinski definition) is 2. The Morgan fingerprint density at radius 1 is 1.33 bits per heavy atom. The first kappa shape index (κ1) is 14.8. The lowest BCUT2D eigenvalue weighted by Gasteiger charge is -2.13. The number of nitrogens with one attached hydrogen (secondary N) is 2. The van der Waals surface area contributed by atoms with Gasteiger partial charge in [0.25, 0.3) is 5.91 Å². The molecule has 1 atom stereocenters. The molecule has 6 heteroatoms. The van der Waals surface area contributed by atoms with Gasteiger partial charge < -0.3 is 15.0 Å². The Kier molecular flexibility index (Phi) is 4.37. The summed E-state index contributed by atoms with van der Waals surface area (Å²) in [6.45, 7) is 3.71. The van der Waals surface area contributed by atoms with E-state index in [1.807, 2.05) is 0 Å². The molecule has 1 aromatic heterocycles. The highest BCUT2D eigenvalue weighted by molar-refractivity contribution is 6.03. The number of para-hydroxylation sites is 1. The lowest BCUT2D eigenvalue weighted by molar-refractivity contribution is -0.128. The number of H-pyrrole nitrogens is 1. The zero-order valence-electron chi connectivity index (χ0n) is 11.8. The molecule has 1 heterocycles. The predicted octanol–water partition coefficient (Wildman–Crippen LogP) is 1.21. The third-order valence-corrected chi connectivity index (χ3v) is 2.97. The molecular weight excluding hydrogens is 272 g/mol. The Labute approximate surface area is 121 Å². The predicted molar refractivity (Wildman–Crippen MR) is 78.1 cm³/mol. The number of aromatic amines is 1. The molecule has 110 valence electrons. The van der Waals surface area contributed by atoms with Crippen molar-refractivity contribution in [1.82, 2.24) is 10.3 Å². The maximum absolute atomic E-state index is 12.2. The van der Waals surface area contributed by atoms with E-state index in [1.54, 1.807) is 31.2 Å². The molecule has 1 amide bonds. The van der Waals surface area contributed by atoms with Crippen LogP contribution in [0.1, 0.15) is 24.2 Å². The maximum atomic E-state index is 12.2. The zero-order valence-corrected chi connectivity index (χ0v) is 11.8. The van der Waals surface area contributed by atoms with Crippen LogP contribution >= 0.6 is 0 Å². The minimum atomic E-state index is -0.921. The summed E-state index contributed by atoms with van der Waals surface area (Å²) in [6, 6.07) is 8.09. The van der Waals surface area contributed by atoms with Crippen molar-refractivity contribution >= 4 is 22.8 Å². The summed E-state index contributed by atoms with van der Waals surface area (Å²) in [5, 5.41) is 3.14. The Morgan fingerprint density at radius 2 is 2.05 bits per heavy atom. The highest BCUT2D eigenvalue weighted by Gasteiger charge is 2.20. The summed E-state index contributed by atoms with van der Waals surface area (Å²) in [6.07, 6.45) is -0.921. The second-order valence-electron chi connectivity index (χ2n) is 4.53. The molecule has 0 spiro atoms. The molecule has 2 aromatic rings. The van der Waals surface area contributed by atoms with E-state index in [0.29, 0.717) is 17.4 Å². The third-order valence-electron chi connectivity index (χ3n) is 2.97. The molecule has 2 N–H and O–H groups in total. The van der Waals surface area contributed by atoms with Crippen LogP contribution in [0.2, 0.25) is 0 Å². The quantitative estimate of drug-likeness (QED) is 0.828. The number of hydrogen-bond acceptors (Lipinski definition) is 4. The van der Waals surface area contributed by atoms with E-state index in [1.165, 1.54) is 13.0 Å². The van der Waals surface area contributed by atoms with Gasteiger partial charge in [-0.25, -0.2) is 4.79 Å². The number of amides is 1. The van der Waals surface area contributed by atoms with Crippen LogP contribution < -0.4 is 10.9 Å². The molecule has 0 radical (unpaired) electrons. The van der Waals surface area contributed by atoms with Crippen molar-refractivity contribution in [2.75, 3.05) is 6.54 Å². The number of ether oxygens (including phenoxy) is 1. The molecule has 0 aliphatic rings. The summed E-state index contributed by atoms with van der Waals surface area (Å²) in [4.78, 5) is 38.0. The van der Waals surface area contributed by atoms with Crippen LogP contribution in [0.5, 0.6) is 0 Å². The van der Waals surface area contributed by atoms with Gasteiger partial charge >= 0.3 is 5.97 Å². The van der Waals surface area contributed by atoms with Crippen LogP contribution in [0, 0.1) is 0 Å². The van der Waals surface area contributed by atoms with Crippen LogP contribution in [-0.4, -0.2) is 29.5 Å². The van der Waals surface area contributed by atoms with Crippen molar-refractivity contribution in [3.05, 3.63) is 46.2 Å². The number of rotatable bonds is 4. The van der Waals surface area contributed by atoms with Gasteiger partial charge in [0.1, 0.15) is 0 Å². The normalized spacial score (nSPS) is 11.9. The fourth-order valence-electron chi connectivity index (χ4n) is 1.97. The summed E-state index contributed by atoms with van der Waals surface area (Å²) in [7, 11) is 0. The van der Waals surface area contributed by atoms with E-state index in [0.717, 1.165) is 0 Å². The van der Waals surface area contributed by atoms with Crippen molar-refractivity contribution < 1.29 is 14.3 Å². The molecule has 0 bridgehead atoms. The van der Waals surface area contributed by atoms with Gasteiger partial charge in [0, 0.05) is 23.5 Å². The van der Waals surface area contributed by atoms with E-state index < -0.39 is 17.6 Å². The topological polar surface area (TPSA) is 88.3 Å². The fourth-order valence-corrected chi connectivity index (χ4v) is 1.97. The summed E-state index contributed by atoms with van der Waals surface area (Å²) >= 11 is 0. The molecule has 0 aliphatic heterocycles. The molecule has 0 fully saturated rings. The standard InChI is InChI=1S/C15H16N2O4/c1-3-16-14(19)9(2)21-15(20)11-8-13(18)17-12-7-5-4-6-10(11)12/h4-9H,3H2,1-2H3,(H,16,19)(H,17,18). The third kappa shape index (κ3) is 3.28. The van der Waals surface area contributed by atoms with Crippen LogP contribution in [0.15, 0.2) is 35.1 Å². The second kappa shape index (κ2) is 6.21. The van der Waals surface area contributed by atoms with E-state index >= 15 is 0 Å². The number of carbonyl (C=O) groups is 2. The molecule has 0 saturated carbocycles. The van der Waals surface area contributed by atoms with Crippen LogP contribution in [0.25, 0.3) is 10.9 Å². The van der Waals surface area contributed by atoms with Gasteiger partial charge in [0.2, 0.25) is 5.56 Å². The van der Waals surface area contributed by atoms with E-state index in [9.17, 15) is 14.4 Å². The Balaban J connectivity index is 2.31. The molecular formula is C15H16N2O4. The molecule has 21 heavy (non-hydrogen) atoms. The minimum Gasteiger partial charge on any atom is -0.449 e. The van der Waals surface area contributed by atoms with E-state index in [-0.39, 0.29) is 11.5 Å². The van der Waals surface area contributed by atoms with Crippen molar-refractivity contribution in [3.63, 3.8) is 0 Å². The monoisotopic (exact) mass is 288 g/mol. The molecule has 6 nitrogen and oxygen atoms in total. The highest BCUT2D eigenvalue weighted by Crippen LogP contribution is 2.16. The van der Waals surface area contributed by atoms with Gasteiger partial charge in [-0.15, -0.1) is 0 Å². The lowest BCUT2D eigenvalue weighted by Crippen LogP contribution is -2.35. The first-order chi connectivity index (χ1) is 10.0. The maximum Gasteiger partial charge on any atom is 0.339 e. The first-order valence-corrected chi connectivity index (χ1v) is 6.63. The lowest BCUT2D eigenvalue weighted by atomic mass is 10.1. The average Bonchev–Trinajstić information content (AvgIpc) is 2.46. The summed E-state index contributed by atoms with van der Waals surface area (Å²) in [5.74, 6) is -1.07. The van der Waals surface area contributed by atoms with E-state index in [4.69, 9.17) is 4.74 Å². The van der Waals surface area contributed by atoms with Crippen molar-refractivity contribution in [1.29, 1.82) is 0 Å². The number of benzene rings is 1. The number of likely N-dealkylation sites (N-methyl/N-ethyl adjacent to an activating group) is 1. The van der Waals surface area contributed by atoms with Crippen LogP contribution in [0.4, 0.5) is 0 Å². The van der Waals surface area contributed by atoms with Crippen molar-refractivity contribution in [3.8, 4) is 0 Å². The number of aromatic nitrogens is 1. The number of esters is 1. The molecule has 0 aliphatic carbocycles. The SMILES string of the molecule is CCNC(=O)C(C)OC(=O)c1cc(=O)[nH]c2ccccc12. The highest BCUT2D eigenvalue weighted by atomic mass is 16.5. The summed E-state index contributed by atoms with van der Waals surface area (Å²) in [5.41, 5.74) is 0.291. The Bertz CT molecular complexity index is 736. The molecule has 0 saturated heterocycles. The second-order valence-corrected chi connectivity index (χ2v) is 4.53. The first-order valence-electron chi connectivity index (χ1n) is 6.63. The Morgan fingerprint density at radius 3 is 2.76 bits per heavy atom. The smallest absolute Gasteiger partial charge is 0.339 e. The largest absolute Gasteiger partial charge is 0.449 e. The van der Waals surface area contributed by atoms with E-state index in [2.05, 4.69) is 10.3 Å². The van der Waals surface area contributed by atoms with Crippen molar-refractivity contribution in [2.45, 2.75) is 20.0 Å². The molecule has 2 rings (SSSR count). The number of carbonyl (C=O) groups excluding carboxylic acids is 2. The number of pyridine rings is 1. The minimum absolute atomic E-state index is 0.144. The zero-order chi connectivity index (χ0) is 15.4. The van der Waals surface area contributed by atoms with Crippen molar-refractivity contribution in [2.24, 2.45) is 0 Å². The van der Waals surface area contributed by atoms with Gasteiger partial charge in [-0.2, -0.15) is 0 Å². The molecule has 1 aromatic carbocycles. The van der Waals surface area contributed by atoms with Gasteiger partial charge in [-0.05, 0) is 19.9 Å². The van der Waals surface area contributed by atoms with Gasteiger partial charge in [-0.3, -0.25) is 9.59 Å². The molecule has 1 unspecified atom stereocenters. The van der Waals surface area contributed by atoms with Gasteiger partial charge in [0.05, 0.1) is 5.56 Å².